The Kier molecular flexibility index (Phi) is 5.45. The summed E-state index contributed by atoms with van der Waals surface area (Å²) in [6.45, 7) is 5.72. The van der Waals surface area contributed by atoms with Crippen molar-refractivity contribution < 1.29 is 4.79 Å². The average molecular weight is 299 g/mol. The second kappa shape index (κ2) is 7.32. The summed E-state index contributed by atoms with van der Waals surface area (Å²) in [6, 6.07) is 16.8. The number of carbonyl (C=O) groups excluding carboxylic acids is 1. The number of hydrogen-bond donors (Lipinski definition) is 1. The molecule has 0 aliphatic carbocycles. The van der Waals surface area contributed by atoms with Crippen LogP contribution < -0.4 is 5.32 Å². The quantitative estimate of drug-likeness (QED) is 0.835. The molecule has 3 heteroatoms. The van der Waals surface area contributed by atoms with Crippen LogP contribution in [-0.2, 0) is 4.79 Å². The summed E-state index contributed by atoms with van der Waals surface area (Å²) in [5.74, 6) is 0.831. The molecule has 2 nitrogen and oxygen atoms in total. The molecule has 21 heavy (non-hydrogen) atoms. The van der Waals surface area contributed by atoms with Gasteiger partial charge in [-0.3, -0.25) is 4.79 Å². The van der Waals surface area contributed by atoms with Crippen LogP contribution in [0.25, 0.3) is 0 Å². The first-order chi connectivity index (χ1) is 10.0. The second-order valence-corrected chi connectivity index (χ2v) is 6.38. The van der Waals surface area contributed by atoms with Gasteiger partial charge in [0.25, 0.3) is 0 Å². The van der Waals surface area contributed by atoms with Gasteiger partial charge in [0.15, 0.2) is 0 Å². The van der Waals surface area contributed by atoms with Crippen molar-refractivity contribution in [2.75, 3.05) is 5.75 Å². The third-order valence-corrected chi connectivity index (χ3v) is 4.37. The molecule has 2 aromatic carbocycles. The van der Waals surface area contributed by atoms with Crippen molar-refractivity contribution in [1.82, 2.24) is 5.32 Å². The molecule has 0 fully saturated rings. The van der Waals surface area contributed by atoms with E-state index in [-0.39, 0.29) is 11.9 Å². The predicted octanol–water partition coefficient (Wildman–Crippen LogP) is 4.27. The molecule has 0 spiro atoms. The first-order valence-corrected chi connectivity index (χ1v) is 8.06. The van der Waals surface area contributed by atoms with Crippen LogP contribution >= 0.6 is 11.8 Å². The molecule has 1 atom stereocenters. The molecule has 1 amide bonds. The van der Waals surface area contributed by atoms with Crippen LogP contribution in [0.1, 0.15) is 29.7 Å². The van der Waals surface area contributed by atoms with E-state index in [2.05, 4.69) is 61.6 Å². The zero-order valence-corrected chi connectivity index (χ0v) is 13.5. The van der Waals surface area contributed by atoms with E-state index in [9.17, 15) is 4.79 Å². The van der Waals surface area contributed by atoms with E-state index in [0.717, 1.165) is 11.3 Å². The first kappa shape index (κ1) is 15.6. The molecule has 2 rings (SSSR count). The van der Waals surface area contributed by atoms with Crippen molar-refractivity contribution >= 4 is 17.7 Å². The van der Waals surface area contributed by atoms with Gasteiger partial charge in [-0.2, -0.15) is 0 Å². The molecule has 0 aliphatic rings. The highest BCUT2D eigenvalue weighted by Crippen LogP contribution is 2.25. The zero-order valence-electron chi connectivity index (χ0n) is 12.7. The van der Waals surface area contributed by atoms with Crippen LogP contribution in [0, 0.1) is 13.8 Å². The number of nitrogens with one attached hydrogen (secondary N) is 1. The molecule has 0 heterocycles. The van der Waals surface area contributed by atoms with E-state index in [1.165, 1.54) is 16.0 Å². The number of amides is 1. The monoisotopic (exact) mass is 299 g/mol. The molecule has 0 aromatic heterocycles. The Bertz CT molecular complexity index is 607. The fourth-order valence-corrected chi connectivity index (χ4v) is 3.13. The van der Waals surface area contributed by atoms with Crippen LogP contribution in [0.15, 0.2) is 53.4 Å². The van der Waals surface area contributed by atoms with Crippen LogP contribution in [0.5, 0.6) is 0 Å². The molecule has 0 saturated carbocycles. The van der Waals surface area contributed by atoms with Crippen molar-refractivity contribution in [2.24, 2.45) is 0 Å². The Hall–Kier alpha value is -1.74. The highest BCUT2D eigenvalue weighted by Gasteiger charge is 2.13. The number of hydrogen-bond acceptors (Lipinski definition) is 2. The minimum absolute atomic E-state index is 0.00557. The predicted molar refractivity (Wildman–Crippen MR) is 89.6 cm³/mol. The Morgan fingerprint density at radius 3 is 2.43 bits per heavy atom. The van der Waals surface area contributed by atoms with Gasteiger partial charge in [-0.05, 0) is 31.5 Å². The summed E-state index contributed by atoms with van der Waals surface area (Å²) < 4.78 is 0. The van der Waals surface area contributed by atoms with Crippen molar-refractivity contribution in [3.8, 4) is 0 Å². The second-order valence-electron chi connectivity index (χ2n) is 5.29. The molecule has 2 aromatic rings. The molecule has 1 unspecified atom stereocenters. The Labute approximate surface area is 131 Å². The number of carbonyl (C=O) groups is 1. The molecule has 1 N–H and O–H groups in total. The maximum atomic E-state index is 11.4. The maximum Gasteiger partial charge on any atom is 0.217 e. The number of rotatable bonds is 5. The van der Waals surface area contributed by atoms with E-state index in [0.29, 0.717) is 0 Å². The van der Waals surface area contributed by atoms with E-state index >= 15 is 0 Å². The molecule has 0 bridgehead atoms. The van der Waals surface area contributed by atoms with Gasteiger partial charge in [0.05, 0.1) is 6.04 Å². The molecular formula is C18H21NOS. The number of aryl methyl sites for hydroxylation is 2. The van der Waals surface area contributed by atoms with E-state index in [1.807, 2.05) is 6.07 Å². The summed E-state index contributed by atoms with van der Waals surface area (Å²) in [4.78, 5) is 12.7. The minimum Gasteiger partial charge on any atom is -0.349 e. The van der Waals surface area contributed by atoms with E-state index < -0.39 is 0 Å². The van der Waals surface area contributed by atoms with Crippen LogP contribution in [-0.4, -0.2) is 11.7 Å². The zero-order chi connectivity index (χ0) is 15.2. The topological polar surface area (TPSA) is 29.1 Å². The fraction of sp³-hybridized carbons (Fsp3) is 0.278. The van der Waals surface area contributed by atoms with Gasteiger partial charge in [-0.15, -0.1) is 11.8 Å². The van der Waals surface area contributed by atoms with Crippen LogP contribution in [0.3, 0.4) is 0 Å². The van der Waals surface area contributed by atoms with Gasteiger partial charge in [0.1, 0.15) is 0 Å². The summed E-state index contributed by atoms with van der Waals surface area (Å²) in [7, 11) is 0. The Morgan fingerprint density at radius 2 is 1.81 bits per heavy atom. The molecule has 0 aliphatic heterocycles. The van der Waals surface area contributed by atoms with Gasteiger partial charge in [-0.1, -0.05) is 47.5 Å². The SMILES string of the molecule is CC(=O)NC(CSc1ccc(C)cc1)c1cccc(C)c1. The Morgan fingerprint density at radius 1 is 1.10 bits per heavy atom. The third-order valence-electron chi connectivity index (χ3n) is 3.26. The third kappa shape index (κ3) is 4.94. The van der Waals surface area contributed by atoms with Crippen molar-refractivity contribution in [3.05, 3.63) is 65.2 Å². The lowest BCUT2D eigenvalue weighted by atomic mass is 10.1. The number of thioether (sulfide) groups is 1. The maximum absolute atomic E-state index is 11.4. The minimum atomic E-state index is 0.00557. The van der Waals surface area contributed by atoms with Gasteiger partial charge < -0.3 is 5.32 Å². The molecular weight excluding hydrogens is 278 g/mol. The normalized spacial score (nSPS) is 12.0. The average Bonchev–Trinajstić information content (AvgIpc) is 2.45. The van der Waals surface area contributed by atoms with E-state index in [1.54, 1.807) is 18.7 Å². The highest BCUT2D eigenvalue weighted by molar-refractivity contribution is 7.99. The van der Waals surface area contributed by atoms with Crippen LogP contribution in [0.2, 0.25) is 0 Å². The van der Waals surface area contributed by atoms with Gasteiger partial charge in [0, 0.05) is 17.6 Å². The lowest BCUT2D eigenvalue weighted by molar-refractivity contribution is -0.119. The van der Waals surface area contributed by atoms with Crippen molar-refractivity contribution in [2.45, 2.75) is 31.7 Å². The Balaban J connectivity index is 2.09. The summed E-state index contributed by atoms with van der Waals surface area (Å²) in [5, 5.41) is 3.05. The van der Waals surface area contributed by atoms with Gasteiger partial charge in [-0.25, -0.2) is 0 Å². The summed E-state index contributed by atoms with van der Waals surface area (Å²) in [6.07, 6.45) is 0. The van der Waals surface area contributed by atoms with E-state index in [4.69, 9.17) is 0 Å². The lowest BCUT2D eigenvalue weighted by Gasteiger charge is -2.18. The fourth-order valence-electron chi connectivity index (χ4n) is 2.17. The summed E-state index contributed by atoms with van der Waals surface area (Å²) >= 11 is 1.77. The molecule has 0 saturated heterocycles. The van der Waals surface area contributed by atoms with Gasteiger partial charge >= 0.3 is 0 Å². The molecule has 0 radical (unpaired) electrons. The van der Waals surface area contributed by atoms with Crippen LogP contribution in [0.4, 0.5) is 0 Å². The summed E-state index contributed by atoms with van der Waals surface area (Å²) in [5.41, 5.74) is 3.63. The van der Waals surface area contributed by atoms with Crippen molar-refractivity contribution in [1.29, 1.82) is 0 Å². The van der Waals surface area contributed by atoms with Crippen molar-refractivity contribution in [3.63, 3.8) is 0 Å². The van der Waals surface area contributed by atoms with Gasteiger partial charge in [0.2, 0.25) is 5.91 Å². The highest BCUT2D eigenvalue weighted by atomic mass is 32.2. The molecule has 110 valence electrons. The lowest BCUT2D eigenvalue weighted by Crippen LogP contribution is -2.27. The first-order valence-electron chi connectivity index (χ1n) is 7.08. The largest absolute Gasteiger partial charge is 0.349 e. The standard InChI is InChI=1S/C18H21NOS/c1-13-7-9-17(10-8-13)21-12-18(19-15(3)20)16-6-4-5-14(2)11-16/h4-11,18H,12H2,1-3H3,(H,19,20). The smallest absolute Gasteiger partial charge is 0.217 e. The number of benzene rings is 2.